The Labute approximate surface area is 85.9 Å². The molecular formula is C8H8B2O5. The van der Waals surface area contributed by atoms with Gasteiger partial charge in [0.15, 0.2) is 0 Å². The van der Waals surface area contributed by atoms with Crippen molar-refractivity contribution in [2.45, 2.75) is 0 Å². The molecule has 0 amide bonds. The Hall–Kier alpha value is -1.27. The van der Waals surface area contributed by atoms with Gasteiger partial charge in [0, 0.05) is 10.8 Å². The predicted molar refractivity (Wildman–Crippen MR) is 55.9 cm³/mol. The SMILES string of the molecule is OB(O)c1ccc2occ(B(O)O)c2c1. The van der Waals surface area contributed by atoms with E-state index in [1.54, 1.807) is 0 Å². The van der Waals surface area contributed by atoms with Gasteiger partial charge in [-0.3, -0.25) is 0 Å². The summed E-state index contributed by atoms with van der Waals surface area (Å²) in [5.74, 6) is 0. The number of hydrogen-bond acceptors (Lipinski definition) is 5. The van der Waals surface area contributed by atoms with Crippen LogP contribution in [0.5, 0.6) is 0 Å². The van der Waals surface area contributed by atoms with Gasteiger partial charge >= 0.3 is 14.2 Å². The van der Waals surface area contributed by atoms with E-state index in [-0.39, 0.29) is 10.9 Å². The number of furan rings is 1. The van der Waals surface area contributed by atoms with Crippen molar-refractivity contribution in [3.05, 3.63) is 24.5 Å². The zero-order chi connectivity index (χ0) is 11.0. The Morgan fingerprint density at radius 2 is 1.73 bits per heavy atom. The third kappa shape index (κ3) is 1.78. The highest BCUT2D eigenvalue weighted by Crippen LogP contribution is 2.11. The van der Waals surface area contributed by atoms with Crippen molar-refractivity contribution in [2.24, 2.45) is 0 Å². The molecule has 76 valence electrons. The van der Waals surface area contributed by atoms with Crippen LogP contribution in [0.15, 0.2) is 28.9 Å². The van der Waals surface area contributed by atoms with E-state index in [0.29, 0.717) is 11.0 Å². The van der Waals surface area contributed by atoms with Gasteiger partial charge in [-0.2, -0.15) is 0 Å². The number of rotatable bonds is 2. The Morgan fingerprint density at radius 3 is 2.33 bits per heavy atom. The lowest BCUT2D eigenvalue weighted by Crippen LogP contribution is -2.32. The standard InChI is InChI=1S/C8H8B2O5/c11-9(12)5-1-2-8-6(3-5)7(4-15-8)10(13)14/h1-4,11-14H. The molecule has 1 heterocycles. The summed E-state index contributed by atoms with van der Waals surface area (Å²) in [6, 6.07) is 4.47. The van der Waals surface area contributed by atoms with Gasteiger partial charge in [-0.15, -0.1) is 0 Å². The number of benzene rings is 1. The zero-order valence-electron chi connectivity index (χ0n) is 7.66. The molecule has 7 heteroatoms. The first-order valence-corrected chi connectivity index (χ1v) is 4.33. The molecule has 0 saturated heterocycles. The highest BCUT2D eigenvalue weighted by molar-refractivity contribution is 6.63. The Kier molecular flexibility index (Phi) is 2.54. The molecule has 0 bridgehead atoms. The van der Waals surface area contributed by atoms with Crippen LogP contribution in [0.3, 0.4) is 0 Å². The summed E-state index contributed by atoms with van der Waals surface area (Å²) in [6.45, 7) is 0. The molecule has 5 nitrogen and oxygen atoms in total. The van der Waals surface area contributed by atoms with Crippen molar-refractivity contribution in [1.82, 2.24) is 0 Å². The van der Waals surface area contributed by atoms with Gasteiger partial charge in [0.2, 0.25) is 0 Å². The molecule has 0 aliphatic rings. The topological polar surface area (TPSA) is 94.1 Å². The normalized spacial score (nSPS) is 10.7. The largest absolute Gasteiger partial charge is 0.492 e. The van der Waals surface area contributed by atoms with Gasteiger partial charge in [-0.25, -0.2) is 0 Å². The third-order valence-corrected chi connectivity index (χ3v) is 2.20. The summed E-state index contributed by atoms with van der Waals surface area (Å²) < 4.78 is 5.06. The third-order valence-electron chi connectivity index (χ3n) is 2.20. The van der Waals surface area contributed by atoms with Gasteiger partial charge in [-0.05, 0) is 11.5 Å². The van der Waals surface area contributed by atoms with Crippen molar-refractivity contribution in [2.75, 3.05) is 0 Å². The Balaban J connectivity index is 2.61. The second-order valence-corrected chi connectivity index (χ2v) is 3.19. The molecule has 2 rings (SSSR count). The number of hydrogen-bond donors (Lipinski definition) is 4. The van der Waals surface area contributed by atoms with Gasteiger partial charge in [-0.1, -0.05) is 12.1 Å². The Morgan fingerprint density at radius 1 is 1.00 bits per heavy atom. The lowest BCUT2D eigenvalue weighted by atomic mass is 9.76. The molecule has 15 heavy (non-hydrogen) atoms. The molecular weight excluding hydrogens is 198 g/mol. The molecule has 0 saturated carbocycles. The smallest absolute Gasteiger partial charge is 0.465 e. The van der Waals surface area contributed by atoms with E-state index in [0.717, 1.165) is 0 Å². The van der Waals surface area contributed by atoms with Crippen LogP contribution in [0.1, 0.15) is 0 Å². The van der Waals surface area contributed by atoms with Crippen LogP contribution in [-0.2, 0) is 0 Å². The summed E-state index contributed by atoms with van der Waals surface area (Å²) in [6.07, 6.45) is 1.23. The summed E-state index contributed by atoms with van der Waals surface area (Å²) in [4.78, 5) is 0. The highest BCUT2D eigenvalue weighted by atomic mass is 16.4. The van der Waals surface area contributed by atoms with Gasteiger partial charge in [0.1, 0.15) is 5.58 Å². The molecule has 0 fully saturated rings. The van der Waals surface area contributed by atoms with E-state index in [4.69, 9.17) is 24.5 Å². The lowest BCUT2D eigenvalue weighted by molar-refractivity contribution is 0.424. The van der Waals surface area contributed by atoms with E-state index in [1.807, 2.05) is 0 Å². The molecule has 0 aliphatic heterocycles. The highest BCUT2D eigenvalue weighted by Gasteiger charge is 2.20. The van der Waals surface area contributed by atoms with Crippen molar-refractivity contribution >= 4 is 36.1 Å². The minimum Gasteiger partial charge on any atom is -0.465 e. The van der Waals surface area contributed by atoms with E-state index in [1.165, 1.54) is 24.5 Å². The molecule has 0 aliphatic carbocycles. The maximum atomic E-state index is 9.01. The van der Waals surface area contributed by atoms with Crippen molar-refractivity contribution in [1.29, 1.82) is 0 Å². The summed E-state index contributed by atoms with van der Waals surface area (Å²) in [7, 11) is -3.23. The first-order chi connectivity index (χ1) is 7.09. The molecule has 2 aromatic rings. The van der Waals surface area contributed by atoms with Crippen LogP contribution in [0.25, 0.3) is 11.0 Å². The molecule has 1 aromatic carbocycles. The van der Waals surface area contributed by atoms with Crippen LogP contribution in [-0.4, -0.2) is 34.3 Å². The van der Waals surface area contributed by atoms with E-state index in [9.17, 15) is 0 Å². The summed E-state index contributed by atoms with van der Waals surface area (Å²) >= 11 is 0. The molecule has 0 atom stereocenters. The van der Waals surface area contributed by atoms with Gasteiger partial charge < -0.3 is 24.5 Å². The van der Waals surface area contributed by atoms with Crippen LogP contribution in [0.2, 0.25) is 0 Å². The predicted octanol–water partition coefficient (Wildman–Crippen LogP) is -2.21. The quantitative estimate of drug-likeness (QED) is 0.418. The van der Waals surface area contributed by atoms with Crippen molar-refractivity contribution < 1.29 is 24.5 Å². The monoisotopic (exact) mass is 206 g/mol. The van der Waals surface area contributed by atoms with Crippen molar-refractivity contribution in [3.63, 3.8) is 0 Å². The van der Waals surface area contributed by atoms with E-state index >= 15 is 0 Å². The van der Waals surface area contributed by atoms with Crippen LogP contribution in [0, 0.1) is 0 Å². The van der Waals surface area contributed by atoms with Crippen LogP contribution in [0.4, 0.5) is 0 Å². The maximum Gasteiger partial charge on any atom is 0.492 e. The van der Waals surface area contributed by atoms with E-state index in [2.05, 4.69) is 0 Å². The number of fused-ring (bicyclic) bond motifs is 1. The molecule has 0 spiro atoms. The minimum atomic E-state index is -1.64. The van der Waals surface area contributed by atoms with Crippen LogP contribution >= 0.6 is 0 Å². The average molecular weight is 206 g/mol. The second-order valence-electron chi connectivity index (χ2n) is 3.19. The lowest BCUT2D eigenvalue weighted by Gasteiger charge is -1.99. The fourth-order valence-corrected chi connectivity index (χ4v) is 1.43. The van der Waals surface area contributed by atoms with E-state index < -0.39 is 14.2 Å². The maximum absolute atomic E-state index is 9.01. The zero-order valence-corrected chi connectivity index (χ0v) is 7.66. The summed E-state index contributed by atoms with van der Waals surface area (Å²) in [5, 5.41) is 36.4. The average Bonchev–Trinajstić information content (AvgIpc) is 2.59. The summed E-state index contributed by atoms with van der Waals surface area (Å²) in [5.41, 5.74) is 0.931. The molecule has 4 N–H and O–H groups in total. The first-order valence-electron chi connectivity index (χ1n) is 4.33. The molecule has 0 radical (unpaired) electrons. The van der Waals surface area contributed by atoms with Gasteiger partial charge in [0.05, 0.1) is 6.26 Å². The van der Waals surface area contributed by atoms with Crippen molar-refractivity contribution in [3.8, 4) is 0 Å². The first kappa shape index (κ1) is 10.3. The Bertz CT molecular complexity index is 479. The fourth-order valence-electron chi connectivity index (χ4n) is 1.43. The minimum absolute atomic E-state index is 0.201. The van der Waals surface area contributed by atoms with Gasteiger partial charge in [0.25, 0.3) is 0 Å². The van der Waals surface area contributed by atoms with Crippen LogP contribution < -0.4 is 10.9 Å². The fraction of sp³-hybridized carbons (Fsp3) is 0. The molecule has 1 aromatic heterocycles. The molecule has 0 unspecified atom stereocenters. The second kappa shape index (κ2) is 3.71.